The van der Waals surface area contributed by atoms with Crippen LogP contribution >= 0.6 is 0 Å². The largest absolute Gasteiger partial charge is 0.388 e. The van der Waals surface area contributed by atoms with Crippen LogP contribution in [0.25, 0.3) is 12.2 Å². The zero-order valence-corrected chi connectivity index (χ0v) is 10.8. The van der Waals surface area contributed by atoms with Crippen molar-refractivity contribution >= 4 is 23.5 Å². The van der Waals surface area contributed by atoms with Crippen LogP contribution in [0.4, 0.5) is 11.4 Å². The normalized spacial score (nSPS) is 10.6. The van der Waals surface area contributed by atoms with Gasteiger partial charge in [-0.15, -0.1) is 0 Å². The van der Waals surface area contributed by atoms with E-state index in [4.69, 9.17) is 0 Å². The molecule has 0 atom stereocenters. The van der Waals surface area contributed by atoms with Crippen molar-refractivity contribution in [1.29, 1.82) is 0 Å². The number of hydrogen-bond donors (Lipinski definition) is 2. The maximum absolute atomic E-state index is 3.11. The minimum atomic E-state index is 1.13. The van der Waals surface area contributed by atoms with E-state index < -0.39 is 0 Å². The Morgan fingerprint density at radius 2 is 0.944 bits per heavy atom. The van der Waals surface area contributed by atoms with Crippen molar-refractivity contribution in [3.05, 3.63) is 59.7 Å². The van der Waals surface area contributed by atoms with Gasteiger partial charge in [0, 0.05) is 25.5 Å². The molecular formula is C16H18N2. The average Bonchev–Trinajstić information content (AvgIpc) is 2.46. The quantitative estimate of drug-likeness (QED) is 0.788. The van der Waals surface area contributed by atoms with Gasteiger partial charge in [0.05, 0.1) is 0 Å². The highest BCUT2D eigenvalue weighted by Crippen LogP contribution is 2.14. The molecule has 0 radical (unpaired) electrons. The third-order valence-corrected chi connectivity index (χ3v) is 2.87. The molecule has 0 aliphatic heterocycles. The molecule has 0 heterocycles. The highest BCUT2D eigenvalue weighted by molar-refractivity contribution is 5.71. The second kappa shape index (κ2) is 5.92. The summed E-state index contributed by atoms with van der Waals surface area (Å²) >= 11 is 0. The molecule has 0 saturated heterocycles. The van der Waals surface area contributed by atoms with E-state index in [1.807, 2.05) is 14.1 Å². The number of nitrogens with one attached hydrogen (secondary N) is 2. The van der Waals surface area contributed by atoms with Crippen molar-refractivity contribution in [2.24, 2.45) is 0 Å². The molecule has 2 aromatic rings. The van der Waals surface area contributed by atoms with Crippen LogP contribution in [0.2, 0.25) is 0 Å². The Hall–Kier alpha value is -2.22. The zero-order valence-electron chi connectivity index (χ0n) is 10.8. The summed E-state index contributed by atoms with van der Waals surface area (Å²) < 4.78 is 0. The second-order valence-electron chi connectivity index (χ2n) is 4.08. The molecule has 2 rings (SSSR count). The van der Waals surface area contributed by atoms with Crippen LogP contribution in [-0.4, -0.2) is 14.1 Å². The summed E-state index contributed by atoms with van der Waals surface area (Å²) in [6.07, 6.45) is 4.24. The first-order valence-electron chi connectivity index (χ1n) is 6.05. The van der Waals surface area contributed by atoms with E-state index in [0.29, 0.717) is 0 Å². The Morgan fingerprint density at radius 3 is 1.22 bits per heavy atom. The van der Waals surface area contributed by atoms with Gasteiger partial charge in [0.15, 0.2) is 0 Å². The maximum atomic E-state index is 3.11. The molecule has 2 heteroatoms. The van der Waals surface area contributed by atoms with Crippen molar-refractivity contribution in [1.82, 2.24) is 0 Å². The highest BCUT2D eigenvalue weighted by Gasteiger charge is 1.91. The Bertz CT molecular complexity index is 460. The molecule has 0 bridgehead atoms. The maximum Gasteiger partial charge on any atom is 0.0337 e. The van der Waals surface area contributed by atoms with Gasteiger partial charge in [0.2, 0.25) is 0 Å². The smallest absolute Gasteiger partial charge is 0.0337 e. The summed E-state index contributed by atoms with van der Waals surface area (Å²) in [5.41, 5.74) is 4.66. The van der Waals surface area contributed by atoms with Gasteiger partial charge in [0.25, 0.3) is 0 Å². The Morgan fingerprint density at radius 1 is 0.611 bits per heavy atom. The Balaban J connectivity index is 2.08. The third kappa shape index (κ3) is 3.14. The lowest BCUT2D eigenvalue weighted by Crippen LogP contribution is -1.86. The van der Waals surface area contributed by atoms with Crippen LogP contribution in [-0.2, 0) is 0 Å². The molecule has 18 heavy (non-hydrogen) atoms. The SMILES string of the molecule is CNc1ccc(C=Cc2ccc(NC)cc2)cc1. The van der Waals surface area contributed by atoms with Crippen molar-refractivity contribution in [3.8, 4) is 0 Å². The molecular weight excluding hydrogens is 220 g/mol. The predicted molar refractivity (Wildman–Crippen MR) is 80.9 cm³/mol. The Kier molecular flexibility index (Phi) is 4.02. The van der Waals surface area contributed by atoms with E-state index in [9.17, 15) is 0 Å². The molecule has 0 unspecified atom stereocenters. The molecule has 2 nitrogen and oxygen atoms in total. The van der Waals surface area contributed by atoms with Gasteiger partial charge in [-0.2, -0.15) is 0 Å². The fraction of sp³-hybridized carbons (Fsp3) is 0.125. The minimum absolute atomic E-state index is 1.13. The van der Waals surface area contributed by atoms with Crippen molar-refractivity contribution < 1.29 is 0 Å². The number of rotatable bonds is 4. The zero-order chi connectivity index (χ0) is 12.8. The van der Waals surface area contributed by atoms with Gasteiger partial charge in [-0.05, 0) is 35.4 Å². The third-order valence-electron chi connectivity index (χ3n) is 2.87. The van der Waals surface area contributed by atoms with Crippen molar-refractivity contribution in [3.63, 3.8) is 0 Å². The molecule has 92 valence electrons. The molecule has 0 saturated carbocycles. The van der Waals surface area contributed by atoms with E-state index in [1.54, 1.807) is 0 Å². The summed E-state index contributed by atoms with van der Waals surface area (Å²) in [5.74, 6) is 0. The average molecular weight is 238 g/mol. The first-order chi connectivity index (χ1) is 8.81. The highest BCUT2D eigenvalue weighted by atomic mass is 14.8. The number of anilines is 2. The van der Waals surface area contributed by atoms with Gasteiger partial charge in [-0.25, -0.2) is 0 Å². The number of benzene rings is 2. The molecule has 2 aromatic carbocycles. The first-order valence-corrected chi connectivity index (χ1v) is 6.05. The fourth-order valence-corrected chi connectivity index (χ4v) is 1.71. The minimum Gasteiger partial charge on any atom is -0.388 e. The van der Waals surface area contributed by atoms with Gasteiger partial charge in [-0.3, -0.25) is 0 Å². The molecule has 0 aliphatic carbocycles. The van der Waals surface area contributed by atoms with Gasteiger partial charge >= 0.3 is 0 Å². The summed E-state index contributed by atoms with van der Waals surface area (Å²) in [4.78, 5) is 0. The van der Waals surface area contributed by atoms with Crippen LogP contribution in [0.1, 0.15) is 11.1 Å². The van der Waals surface area contributed by atoms with Crippen molar-refractivity contribution in [2.75, 3.05) is 24.7 Å². The molecule has 0 fully saturated rings. The standard InChI is InChI=1S/C16H18N2/c1-17-15-9-5-13(6-10-15)3-4-14-7-11-16(18-2)12-8-14/h3-12,17-18H,1-2H3. The fourth-order valence-electron chi connectivity index (χ4n) is 1.71. The Labute approximate surface area is 108 Å². The molecule has 2 N–H and O–H groups in total. The molecule has 0 aromatic heterocycles. The van der Waals surface area contributed by atoms with E-state index >= 15 is 0 Å². The van der Waals surface area contributed by atoms with Crippen molar-refractivity contribution in [2.45, 2.75) is 0 Å². The van der Waals surface area contributed by atoms with Crippen LogP contribution in [0.3, 0.4) is 0 Å². The lowest BCUT2D eigenvalue weighted by Gasteiger charge is -2.01. The van der Waals surface area contributed by atoms with E-state index in [-0.39, 0.29) is 0 Å². The lowest BCUT2D eigenvalue weighted by atomic mass is 10.1. The molecule has 0 amide bonds. The lowest BCUT2D eigenvalue weighted by molar-refractivity contribution is 1.50. The summed E-state index contributed by atoms with van der Waals surface area (Å²) in [5, 5.41) is 6.22. The predicted octanol–water partition coefficient (Wildman–Crippen LogP) is 3.94. The summed E-state index contributed by atoms with van der Waals surface area (Å²) in [6.45, 7) is 0. The van der Waals surface area contributed by atoms with Gasteiger partial charge in [0.1, 0.15) is 0 Å². The van der Waals surface area contributed by atoms with Gasteiger partial charge in [-0.1, -0.05) is 36.4 Å². The van der Waals surface area contributed by atoms with E-state index in [0.717, 1.165) is 11.4 Å². The van der Waals surface area contributed by atoms with Crippen LogP contribution in [0.5, 0.6) is 0 Å². The molecule has 0 aliphatic rings. The first kappa shape index (κ1) is 12.2. The van der Waals surface area contributed by atoms with Crippen LogP contribution in [0, 0.1) is 0 Å². The summed E-state index contributed by atoms with van der Waals surface area (Å²) in [6, 6.07) is 16.7. The van der Waals surface area contributed by atoms with E-state index in [2.05, 4.69) is 71.3 Å². The van der Waals surface area contributed by atoms with Crippen LogP contribution < -0.4 is 10.6 Å². The van der Waals surface area contributed by atoms with Crippen LogP contribution in [0.15, 0.2) is 48.5 Å². The van der Waals surface area contributed by atoms with E-state index in [1.165, 1.54) is 11.1 Å². The topological polar surface area (TPSA) is 24.1 Å². The van der Waals surface area contributed by atoms with Gasteiger partial charge < -0.3 is 10.6 Å². The number of hydrogen-bond acceptors (Lipinski definition) is 2. The molecule has 0 spiro atoms. The second-order valence-corrected chi connectivity index (χ2v) is 4.08. The summed E-state index contributed by atoms with van der Waals surface area (Å²) in [7, 11) is 3.85. The monoisotopic (exact) mass is 238 g/mol.